The van der Waals surface area contributed by atoms with E-state index in [-0.39, 0.29) is 11.4 Å². The quantitative estimate of drug-likeness (QED) is 0.822. The molecule has 4 nitrogen and oxygen atoms in total. The van der Waals surface area contributed by atoms with Gasteiger partial charge in [0.05, 0.1) is 0 Å². The molecule has 2 aliphatic rings. The summed E-state index contributed by atoms with van der Waals surface area (Å²) in [4.78, 5) is 16.9. The van der Waals surface area contributed by atoms with E-state index in [0.717, 1.165) is 19.5 Å². The van der Waals surface area contributed by atoms with Gasteiger partial charge in [-0.25, -0.2) is 0 Å². The van der Waals surface area contributed by atoms with Gasteiger partial charge in [-0.2, -0.15) is 0 Å². The Morgan fingerprint density at radius 2 is 2.11 bits per heavy atom. The summed E-state index contributed by atoms with van der Waals surface area (Å²) >= 11 is 0. The lowest BCUT2D eigenvalue weighted by molar-refractivity contribution is -0.137. The van der Waals surface area contributed by atoms with E-state index < -0.39 is 0 Å². The summed E-state index contributed by atoms with van der Waals surface area (Å²) in [6, 6.07) is 0.962. The van der Waals surface area contributed by atoms with Crippen LogP contribution in [0.25, 0.3) is 0 Å². The monoisotopic (exact) mass is 253 g/mol. The normalized spacial score (nSPS) is 29.4. The van der Waals surface area contributed by atoms with E-state index >= 15 is 0 Å². The summed E-state index contributed by atoms with van der Waals surface area (Å²) in [7, 11) is 0. The van der Waals surface area contributed by atoms with Crippen LogP contribution in [0.3, 0.4) is 0 Å². The van der Waals surface area contributed by atoms with E-state index in [1.165, 1.54) is 19.4 Å². The van der Waals surface area contributed by atoms with Crippen LogP contribution in [0.5, 0.6) is 0 Å². The molecule has 18 heavy (non-hydrogen) atoms. The number of piperazine rings is 1. The average Bonchev–Trinajstić information content (AvgIpc) is 2.70. The standard InChI is InChI=1S/C14H27N3O/c1-11-9-16-8-4-5-12(16)10-17(11)13(18)6-7-14(2,3)15/h11-12H,4-10,15H2,1-3H3. The first-order valence-corrected chi connectivity index (χ1v) is 7.19. The Balaban J connectivity index is 1.89. The van der Waals surface area contributed by atoms with Crippen LogP contribution < -0.4 is 5.73 Å². The smallest absolute Gasteiger partial charge is 0.222 e. The molecule has 1 amide bonds. The van der Waals surface area contributed by atoms with Crippen molar-refractivity contribution >= 4 is 5.91 Å². The molecule has 2 heterocycles. The van der Waals surface area contributed by atoms with Gasteiger partial charge in [-0.05, 0) is 46.6 Å². The molecule has 0 aliphatic carbocycles. The van der Waals surface area contributed by atoms with Crippen LogP contribution in [0.1, 0.15) is 46.5 Å². The van der Waals surface area contributed by atoms with Crippen LogP contribution in [-0.4, -0.2) is 53.0 Å². The number of rotatable bonds is 3. The van der Waals surface area contributed by atoms with Crippen molar-refractivity contribution in [2.75, 3.05) is 19.6 Å². The molecule has 0 aromatic carbocycles. The largest absolute Gasteiger partial charge is 0.337 e. The molecular weight excluding hydrogens is 226 g/mol. The molecule has 2 fully saturated rings. The number of amides is 1. The number of carbonyl (C=O) groups is 1. The van der Waals surface area contributed by atoms with Gasteiger partial charge in [-0.1, -0.05) is 0 Å². The Labute approximate surface area is 110 Å². The Morgan fingerprint density at radius 3 is 2.78 bits per heavy atom. The second kappa shape index (κ2) is 5.17. The van der Waals surface area contributed by atoms with Gasteiger partial charge < -0.3 is 10.6 Å². The summed E-state index contributed by atoms with van der Waals surface area (Å²) in [6.07, 6.45) is 3.89. The predicted molar refractivity (Wildman–Crippen MR) is 73.3 cm³/mol. The molecule has 2 N–H and O–H groups in total. The fourth-order valence-electron chi connectivity index (χ4n) is 3.11. The van der Waals surface area contributed by atoms with Gasteiger partial charge in [-0.3, -0.25) is 9.69 Å². The average molecular weight is 253 g/mol. The highest BCUT2D eigenvalue weighted by Gasteiger charge is 2.36. The molecule has 2 aliphatic heterocycles. The molecule has 2 unspecified atom stereocenters. The van der Waals surface area contributed by atoms with Crippen molar-refractivity contribution < 1.29 is 4.79 Å². The maximum Gasteiger partial charge on any atom is 0.222 e. The zero-order valence-electron chi connectivity index (χ0n) is 12.0. The third-order valence-electron chi connectivity index (χ3n) is 4.24. The van der Waals surface area contributed by atoms with Crippen molar-refractivity contribution in [2.45, 2.75) is 64.1 Å². The van der Waals surface area contributed by atoms with Crippen molar-refractivity contribution in [3.63, 3.8) is 0 Å². The molecule has 2 rings (SSSR count). The molecule has 104 valence electrons. The topological polar surface area (TPSA) is 49.6 Å². The van der Waals surface area contributed by atoms with Crippen molar-refractivity contribution in [1.82, 2.24) is 9.80 Å². The fraction of sp³-hybridized carbons (Fsp3) is 0.929. The Hall–Kier alpha value is -0.610. The molecule has 0 bridgehead atoms. The lowest BCUT2D eigenvalue weighted by Crippen LogP contribution is -2.56. The van der Waals surface area contributed by atoms with Crippen molar-refractivity contribution in [2.24, 2.45) is 5.73 Å². The van der Waals surface area contributed by atoms with Gasteiger partial charge >= 0.3 is 0 Å². The van der Waals surface area contributed by atoms with E-state index in [9.17, 15) is 4.79 Å². The minimum atomic E-state index is -0.242. The number of hydrogen-bond donors (Lipinski definition) is 1. The second-order valence-electron chi connectivity index (χ2n) is 6.67. The molecule has 0 aromatic rings. The fourth-order valence-corrected chi connectivity index (χ4v) is 3.11. The lowest BCUT2D eigenvalue weighted by atomic mass is 9.98. The zero-order chi connectivity index (χ0) is 13.3. The number of nitrogens with two attached hydrogens (primary N) is 1. The highest BCUT2D eigenvalue weighted by molar-refractivity contribution is 5.76. The van der Waals surface area contributed by atoms with E-state index in [4.69, 9.17) is 5.73 Å². The van der Waals surface area contributed by atoms with Gasteiger partial charge in [0.15, 0.2) is 0 Å². The van der Waals surface area contributed by atoms with Crippen LogP contribution in [0, 0.1) is 0 Å². The lowest BCUT2D eigenvalue weighted by Gasteiger charge is -2.42. The van der Waals surface area contributed by atoms with Crippen LogP contribution in [-0.2, 0) is 4.79 Å². The number of hydrogen-bond acceptors (Lipinski definition) is 3. The van der Waals surface area contributed by atoms with E-state index in [1.807, 2.05) is 13.8 Å². The first-order valence-electron chi connectivity index (χ1n) is 7.19. The molecule has 0 aromatic heterocycles. The SMILES string of the molecule is CC1CN2CCCC2CN1C(=O)CCC(C)(C)N. The predicted octanol–water partition coefficient (Wildman–Crippen LogP) is 1.20. The highest BCUT2D eigenvalue weighted by atomic mass is 16.2. The van der Waals surface area contributed by atoms with Crippen LogP contribution in [0.4, 0.5) is 0 Å². The molecule has 2 atom stereocenters. The molecule has 0 radical (unpaired) electrons. The third kappa shape index (κ3) is 3.23. The Bertz CT molecular complexity index is 311. The van der Waals surface area contributed by atoms with Gasteiger partial charge in [0.1, 0.15) is 0 Å². The minimum Gasteiger partial charge on any atom is -0.337 e. The minimum absolute atomic E-state index is 0.242. The maximum absolute atomic E-state index is 12.3. The van der Waals surface area contributed by atoms with Crippen LogP contribution >= 0.6 is 0 Å². The highest BCUT2D eigenvalue weighted by Crippen LogP contribution is 2.25. The van der Waals surface area contributed by atoms with E-state index in [0.29, 0.717) is 18.5 Å². The summed E-state index contributed by atoms with van der Waals surface area (Å²) < 4.78 is 0. The number of carbonyl (C=O) groups excluding carboxylic acids is 1. The maximum atomic E-state index is 12.3. The molecule has 0 spiro atoms. The molecule has 0 saturated carbocycles. The van der Waals surface area contributed by atoms with Crippen molar-refractivity contribution in [1.29, 1.82) is 0 Å². The third-order valence-corrected chi connectivity index (χ3v) is 4.24. The number of fused-ring (bicyclic) bond motifs is 1. The van der Waals surface area contributed by atoms with Gasteiger partial charge in [0.25, 0.3) is 0 Å². The van der Waals surface area contributed by atoms with Crippen molar-refractivity contribution in [3.8, 4) is 0 Å². The summed E-state index contributed by atoms with van der Waals surface area (Å²) in [5.41, 5.74) is 5.71. The summed E-state index contributed by atoms with van der Waals surface area (Å²) in [5, 5.41) is 0. The summed E-state index contributed by atoms with van der Waals surface area (Å²) in [5.74, 6) is 0.285. The molecule has 4 heteroatoms. The van der Waals surface area contributed by atoms with Crippen LogP contribution in [0.15, 0.2) is 0 Å². The van der Waals surface area contributed by atoms with E-state index in [2.05, 4.69) is 16.7 Å². The van der Waals surface area contributed by atoms with Gasteiger partial charge in [0, 0.05) is 37.1 Å². The first-order chi connectivity index (χ1) is 8.37. The number of nitrogens with zero attached hydrogens (tertiary/aromatic N) is 2. The van der Waals surface area contributed by atoms with E-state index in [1.54, 1.807) is 0 Å². The Kier molecular flexibility index (Phi) is 3.97. The first kappa shape index (κ1) is 13.8. The van der Waals surface area contributed by atoms with Crippen molar-refractivity contribution in [3.05, 3.63) is 0 Å². The second-order valence-corrected chi connectivity index (χ2v) is 6.67. The van der Waals surface area contributed by atoms with Crippen LogP contribution in [0.2, 0.25) is 0 Å². The van der Waals surface area contributed by atoms with Gasteiger partial charge in [0.2, 0.25) is 5.91 Å². The zero-order valence-corrected chi connectivity index (χ0v) is 12.0. The summed E-state index contributed by atoms with van der Waals surface area (Å²) in [6.45, 7) is 9.32. The molecule has 2 saturated heterocycles. The Morgan fingerprint density at radius 1 is 1.39 bits per heavy atom. The van der Waals surface area contributed by atoms with Gasteiger partial charge in [-0.15, -0.1) is 0 Å². The molecular formula is C14H27N3O.